The molecule has 0 amide bonds. The largest absolute Gasteiger partial charge is 0.311 e. The van der Waals surface area contributed by atoms with Crippen molar-refractivity contribution in [2.75, 3.05) is 9.80 Å². The van der Waals surface area contributed by atoms with Crippen molar-refractivity contribution in [2.24, 2.45) is 0 Å². The van der Waals surface area contributed by atoms with Crippen LogP contribution in [0.25, 0.3) is 134 Å². The highest BCUT2D eigenvalue weighted by Gasteiger charge is 2.39. The van der Waals surface area contributed by atoms with Gasteiger partial charge in [-0.05, 0) is 259 Å². The van der Waals surface area contributed by atoms with Crippen molar-refractivity contribution in [3.8, 4) is 122 Å². The number of benzene rings is 17. The molecule has 0 heterocycles. The van der Waals surface area contributed by atoms with E-state index >= 15 is 0 Å². The molecule has 2 nitrogen and oxygen atoms in total. The zero-order valence-electron chi connectivity index (χ0n) is 66.6. The van der Waals surface area contributed by atoms with E-state index in [-0.39, 0.29) is 10.8 Å². The van der Waals surface area contributed by atoms with Crippen LogP contribution in [0.1, 0.15) is 68.0 Å². The highest BCUT2D eigenvalue weighted by Crippen LogP contribution is 2.55. The third kappa shape index (κ3) is 13.9. The van der Waals surface area contributed by atoms with Gasteiger partial charge in [0.25, 0.3) is 0 Å². The molecule has 19 rings (SSSR count). The fourth-order valence-corrected chi connectivity index (χ4v) is 18.2. The Hall–Kier alpha value is -14.4. The van der Waals surface area contributed by atoms with Gasteiger partial charge in [-0.2, -0.15) is 0 Å². The Morgan fingerprint density at radius 2 is 0.556 bits per heavy atom. The van der Waals surface area contributed by atoms with Gasteiger partial charge < -0.3 is 9.80 Å². The van der Waals surface area contributed by atoms with Gasteiger partial charge in [0, 0.05) is 45.0 Å². The van der Waals surface area contributed by atoms with Gasteiger partial charge in [-0.3, -0.25) is 0 Å². The van der Waals surface area contributed by atoms with E-state index in [1.54, 1.807) is 0 Å². The zero-order chi connectivity index (χ0) is 79.1. The highest BCUT2D eigenvalue weighted by molar-refractivity contribution is 6.07. The summed E-state index contributed by atoms with van der Waals surface area (Å²) >= 11 is 0. The van der Waals surface area contributed by atoms with Crippen LogP contribution in [0.5, 0.6) is 0 Å². The SMILES string of the molecule is C=C(/C=C(\C(=C/C)c1cccc(-c2ccc3c(c2)C(C)(C)c2ccccc2-3)c1)c1ccccc1)N(c1ccc(-c2ccccc2)cc1)c1ccc(-c2ccc(-c3cccc4c3C(C)(C)c3cc(-c5ccc(-c6ccc(N(c7ccc(-c8ccccc8)cc7)c7ccc(-c8ccccc8)cc7)cc6-c6ccccc6)cc5)ccc3-4)cc2)cc1. The summed E-state index contributed by atoms with van der Waals surface area (Å²) in [5.74, 6) is 0. The predicted octanol–water partition coefficient (Wildman–Crippen LogP) is 31.6. The maximum atomic E-state index is 4.95. The van der Waals surface area contributed by atoms with Crippen LogP contribution in [0.3, 0.4) is 0 Å². The first kappa shape index (κ1) is 72.8. The summed E-state index contributed by atoms with van der Waals surface area (Å²) in [6, 6.07) is 154. The summed E-state index contributed by atoms with van der Waals surface area (Å²) in [7, 11) is 0. The van der Waals surface area contributed by atoms with Crippen molar-refractivity contribution >= 4 is 39.6 Å². The lowest BCUT2D eigenvalue weighted by Crippen LogP contribution is -2.16. The van der Waals surface area contributed by atoms with Crippen LogP contribution in [-0.4, -0.2) is 0 Å². The molecule has 558 valence electrons. The third-order valence-corrected chi connectivity index (χ3v) is 24.3. The van der Waals surface area contributed by atoms with Gasteiger partial charge in [0.2, 0.25) is 0 Å². The fourth-order valence-electron chi connectivity index (χ4n) is 18.2. The zero-order valence-corrected chi connectivity index (χ0v) is 66.6. The van der Waals surface area contributed by atoms with Crippen LogP contribution in [0.15, 0.2) is 443 Å². The lowest BCUT2D eigenvalue weighted by atomic mass is 9.78. The Labute approximate surface area is 689 Å². The quantitative estimate of drug-likeness (QED) is 0.0745. The molecule has 0 fully saturated rings. The Morgan fingerprint density at radius 3 is 1.08 bits per heavy atom. The van der Waals surface area contributed by atoms with Crippen molar-refractivity contribution in [3.05, 3.63) is 476 Å². The summed E-state index contributed by atoms with van der Waals surface area (Å²) < 4.78 is 0. The molecular weight excluding hydrogens is 1410 g/mol. The molecule has 0 saturated heterocycles. The number of allylic oxidation sites excluding steroid dienone is 4. The molecule has 2 heteroatoms. The molecule has 0 unspecified atom stereocenters. The van der Waals surface area contributed by atoms with Crippen molar-refractivity contribution in [1.29, 1.82) is 0 Å². The minimum Gasteiger partial charge on any atom is -0.311 e. The maximum Gasteiger partial charge on any atom is 0.0468 e. The molecule has 2 aliphatic carbocycles. The molecule has 117 heavy (non-hydrogen) atoms. The molecule has 0 spiro atoms. The monoisotopic (exact) mass is 1500 g/mol. The van der Waals surface area contributed by atoms with E-state index in [1.807, 2.05) is 0 Å². The third-order valence-electron chi connectivity index (χ3n) is 24.3. The number of rotatable bonds is 19. The van der Waals surface area contributed by atoms with E-state index in [0.29, 0.717) is 0 Å². The minimum atomic E-state index is -0.275. The second-order valence-electron chi connectivity index (χ2n) is 31.9. The molecule has 17 aromatic carbocycles. The molecular formula is C115H88N2. The summed E-state index contributed by atoms with van der Waals surface area (Å²) in [4.78, 5) is 4.68. The minimum absolute atomic E-state index is 0.0989. The van der Waals surface area contributed by atoms with Crippen LogP contribution in [0.4, 0.5) is 28.4 Å². The van der Waals surface area contributed by atoms with Crippen LogP contribution in [0.2, 0.25) is 0 Å². The maximum absolute atomic E-state index is 4.95. The van der Waals surface area contributed by atoms with E-state index in [1.165, 1.54) is 117 Å². The summed E-state index contributed by atoms with van der Waals surface area (Å²) in [5.41, 5.74) is 42.1. The van der Waals surface area contributed by atoms with Gasteiger partial charge in [-0.1, -0.05) is 380 Å². The molecule has 17 aromatic rings. The number of nitrogens with zero attached hydrogens (tertiary/aromatic N) is 2. The van der Waals surface area contributed by atoms with Crippen LogP contribution >= 0.6 is 0 Å². The Kier molecular flexibility index (Phi) is 19.2. The molecule has 0 N–H and O–H groups in total. The second kappa shape index (κ2) is 30.8. The molecule has 0 aromatic heterocycles. The number of fused-ring (bicyclic) bond motifs is 6. The first-order valence-electron chi connectivity index (χ1n) is 40.7. The van der Waals surface area contributed by atoms with Crippen molar-refractivity contribution in [3.63, 3.8) is 0 Å². The summed E-state index contributed by atoms with van der Waals surface area (Å²) in [6.45, 7) is 16.6. The first-order chi connectivity index (χ1) is 57.4. The van der Waals surface area contributed by atoms with Gasteiger partial charge in [0.15, 0.2) is 0 Å². The number of hydrogen-bond acceptors (Lipinski definition) is 2. The van der Waals surface area contributed by atoms with Crippen LogP contribution in [0, 0.1) is 0 Å². The van der Waals surface area contributed by atoms with Crippen LogP contribution in [-0.2, 0) is 10.8 Å². The number of anilines is 5. The van der Waals surface area contributed by atoms with Gasteiger partial charge in [-0.25, -0.2) is 0 Å². The van der Waals surface area contributed by atoms with E-state index in [0.717, 1.165) is 84.2 Å². The average molecular weight is 1500 g/mol. The predicted molar refractivity (Wildman–Crippen MR) is 497 cm³/mol. The van der Waals surface area contributed by atoms with Crippen molar-refractivity contribution < 1.29 is 0 Å². The highest BCUT2D eigenvalue weighted by atomic mass is 15.1. The van der Waals surface area contributed by atoms with E-state index < -0.39 is 0 Å². The topological polar surface area (TPSA) is 6.48 Å². The summed E-state index contributed by atoms with van der Waals surface area (Å²) in [6.07, 6.45) is 4.53. The Bertz CT molecular complexity index is 6510. The summed E-state index contributed by atoms with van der Waals surface area (Å²) in [5, 5.41) is 0. The molecule has 0 atom stereocenters. The molecule has 0 radical (unpaired) electrons. The van der Waals surface area contributed by atoms with Gasteiger partial charge in [0.1, 0.15) is 0 Å². The molecule has 0 saturated carbocycles. The lowest BCUT2D eigenvalue weighted by molar-refractivity contribution is 0.660. The normalized spacial score (nSPS) is 12.9. The second-order valence-corrected chi connectivity index (χ2v) is 31.9. The Morgan fingerprint density at radius 1 is 0.231 bits per heavy atom. The van der Waals surface area contributed by atoms with Gasteiger partial charge >= 0.3 is 0 Å². The van der Waals surface area contributed by atoms with Gasteiger partial charge in [-0.15, -0.1) is 0 Å². The molecule has 0 aliphatic heterocycles. The van der Waals surface area contributed by atoms with Gasteiger partial charge in [0.05, 0.1) is 0 Å². The van der Waals surface area contributed by atoms with E-state index in [9.17, 15) is 0 Å². The lowest BCUT2D eigenvalue weighted by Gasteiger charge is -2.27. The standard InChI is InChI=1S/C115H88N2/c1-7-101(95-38-25-37-92(74-95)94-60-70-105-104-39-23-24-42-110(104)114(3,4)111(105)76-94)108(88-33-19-11-20-34-88)73-78(2)116(96-61-51-83(52-62-96)79-27-13-8-14-28-79)97-63-53-86(54-64-97)82-43-49-91(50-44-82)103-40-26-41-107-106-71-59-93(75-112(106)115(5,6)113(103)107)87-45-47-90(48-46-87)102-72-69-100(77-109(102)89-35-21-12-22-36-89)117(98-65-55-84(56-66-98)80-29-15-9-16-30-80)99-67-57-85(58-68-99)81-31-17-10-18-32-81/h7-77H,2H2,1,3-6H3/b101-7-,108-73-. The fraction of sp³-hybridized carbons (Fsp3) is 0.0609. The Balaban J connectivity index is 0.597. The molecule has 2 aliphatic rings. The van der Waals surface area contributed by atoms with Crippen molar-refractivity contribution in [1.82, 2.24) is 0 Å². The van der Waals surface area contributed by atoms with E-state index in [2.05, 4.69) is 475 Å². The first-order valence-corrected chi connectivity index (χ1v) is 40.7. The van der Waals surface area contributed by atoms with Crippen LogP contribution < -0.4 is 9.80 Å². The van der Waals surface area contributed by atoms with E-state index in [4.69, 9.17) is 6.58 Å². The average Bonchev–Trinajstić information content (AvgIpc) is 1.57. The van der Waals surface area contributed by atoms with Crippen molar-refractivity contribution in [2.45, 2.75) is 45.4 Å². The smallest absolute Gasteiger partial charge is 0.0468 e. The molecule has 0 bridgehead atoms. The number of hydrogen-bond donors (Lipinski definition) is 0.